The fourth-order valence-electron chi connectivity index (χ4n) is 4.77. The molecule has 3 amide bonds. The van der Waals surface area contributed by atoms with Crippen LogP contribution >= 0.6 is 0 Å². The topological polar surface area (TPSA) is 125 Å². The van der Waals surface area contributed by atoms with Crippen molar-refractivity contribution in [3.05, 3.63) is 70.3 Å². The molecular weight excluding hydrogens is 530 g/mol. The fraction of sp³-hybridized carbons (Fsp3) is 0.516. The molecule has 0 aliphatic heterocycles. The molecule has 3 atom stereocenters. The van der Waals surface area contributed by atoms with E-state index in [9.17, 15) is 28.3 Å². The molecule has 10 heteroatoms. The van der Waals surface area contributed by atoms with Crippen LogP contribution in [0.1, 0.15) is 78.8 Å². The van der Waals surface area contributed by atoms with Gasteiger partial charge >= 0.3 is 0 Å². The summed E-state index contributed by atoms with van der Waals surface area (Å²) in [6.07, 6.45) is 0.712. The Labute approximate surface area is 241 Å². The molecule has 2 aromatic rings. The number of hydrogen-bond donors (Lipinski definition) is 4. The number of amides is 3. The van der Waals surface area contributed by atoms with E-state index in [-0.39, 0.29) is 35.9 Å². The minimum Gasteiger partial charge on any atom is -0.390 e. The van der Waals surface area contributed by atoms with Gasteiger partial charge in [0.2, 0.25) is 5.91 Å². The van der Waals surface area contributed by atoms with Crippen LogP contribution in [0.2, 0.25) is 0 Å². The van der Waals surface area contributed by atoms with E-state index in [1.165, 1.54) is 6.07 Å². The van der Waals surface area contributed by atoms with Crippen LogP contribution in [-0.2, 0) is 11.2 Å². The first-order chi connectivity index (χ1) is 19.3. The number of nitrogens with two attached hydrogens (primary N) is 1. The Morgan fingerprint density at radius 3 is 2.07 bits per heavy atom. The summed E-state index contributed by atoms with van der Waals surface area (Å²) in [7, 11) is 0. The van der Waals surface area contributed by atoms with Gasteiger partial charge in [-0.15, -0.1) is 0 Å². The number of nitrogens with one attached hydrogen (secondary N) is 2. The Balaban J connectivity index is 2.33. The summed E-state index contributed by atoms with van der Waals surface area (Å²) in [5.41, 5.74) is 7.03. The zero-order valence-electron chi connectivity index (χ0n) is 24.7. The molecule has 0 spiro atoms. The van der Waals surface area contributed by atoms with Crippen LogP contribution < -0.4 is 16.4 Å². The van der Waals surface area contributed by atoms with Crippen LogP contribution in [0.4, 0.5) is 8.78 Å². The Morgan fingerprint density at radius 2 is 1.54 bits per heavy atom. The van der Waals surface area contributed by atoms with Gasteiger partial charge in [-0.2, -0.15) is 0 Å². The molecule has 0 radical (unpaired) electrons. The minimum atomic E-state index is -1.24. The van der Waals surface area contributed by atoms with Crippen molar-refractivity contribution in [1.29, 1.82) is 0 Å². The van der Waals surface area contributed by atoms with Crippen LogP contribution in [0.3, 0.4) is 0 Å². The summed E-state index contributed by atoms with van der Waals surface area (Å²) in [5.74, 6) is -2.72. The van der Waals surface area contributed by atoms with Gasteiger partial charge in [-0.3, -0.25) is 14.4 Å². The van der Waals surface area contributed by atoms with E-state index in [1.54, 1.807) is 24.0 Å². The number of rotatable bonds is 16. The molecule has 0 saturated carbocycles. The van der Waals surface area contributed by atoms with Gasteiger partial charge < -0.3 is 26.4 Å². The van der Waals surface area contributed by atoms with Crippen LogP contribution in [0.25, 0.3) is 0 Å². The minimum absolute atomic E-state index is 0.0902. The summed E-state index contributed by atoms with van der Waals surface area (Å²) in [5, 5.41) is 16.8. The average Bonchev–Trinajstić information content (AvgIpc) is 2.88. The first-order valence-electron chi connectivity index (χ1n) is 14.2. The summed E-state index contributed by atoms with van der Waals surface area (Å²) in [6.45, 7) is 10.7. The fourth-order valence-corrected chi connectivity index (χ4v) is 4.77. The number of aliphatic hydroxyl groups excluding tert-OH is 1. The lowest BCUT2D eigenvalue weighted by Gasteiger charge is -2.27. The Morgan fingerprint density at radius 1 is 0.951 bits per heavy atom. The molecular formula is C31H44F2N4O4. The Kier molecular flexibility index (Phi) is 13.3. The lowest BCUT2D eigenvalue weighted by molar-refractivity contribution is -0.120. The van der Waals surface area contributed by atoms with Crippen molar-refractivity contribution in [2.75, 3.05) is 19.6 Å². The van der Waals surface area contributed by atoms with Crippen molar-refractivity contribution >= 4 is 17.7 Å². The van der Waals surface area contributed by atoms with Crippen molar-refractivity contribution in [3.63, 3.8) is 0 Å². The van der Waals surface area contributed by atoms with Crippen LogP contribution in [0, 0.1) is 24.5 Å². The maximum Gasteiger partial charge on any atom is 0.253 e. The molecule has 1 unspecified atom stereocenters. The van der Waals surface area contributed by atoms with E-state index in [2.05, 4.69) is 10.6 Å². The van der Waals surface area contributed by atoms with E-state index in [4.69, 9.17) is 5.73 Å². The third-order valence-electron chi connectivity index (χ3n) is 6.64. The number of carbonyl (C=O) groups excluding carboxylic acids is 3. The van der Waals surface area contributed by atoms with Crippen molar-refractivity contribution in [2.45, 2.75) is 78.5 Å². The van der Waals surface area contributed by atoms with Gasteiger partial charge in [0.15, 0.2) is 0 Å². The quantitative estimate of drug-likeness (QED) is 0.243. The molecule has 8 nitrogen and oxygen atoms in total. The van der Waals surface area contributed by atoms with Crippen molar-refractivity contribution in [3.8, 4) is 0 Å². The number of aryl methyl sites for hydroxylation is 1. The number of halogens is 2. The van der Waals surface area contributed by atoms with Crippen LogP contribution in [0.5, 0.6) is 0 Å². The van der Waals surface area contributed by atoms with Crippen molar-refractivity contribution in [2.24, 2.45) is 11.7 Å². The van der Waals surface area contributed by atoms with Crippen molar-refractivity contribution in [1.82, 2.24) is 15.5 Å². The third-order valence-corrected chi connectivity index (χ3v) is 6.64. The van der Waals surface area contributed by atoms with Crippen LogP contribution in [-0.4, -0.2) is 65.5 Å². The molecule has 2 aromatic carbocycles. The second-order valence-corrected chi connectivity index (χ2v) is 11.0. The number of aliphatic hydroxyl groups is 1. The standard InChI is InChI=1S/C31H44F2N4O4/c1-6-8-37(9-7-2)31(41)23-12-20(5)11-22(16-23)30(40)36-26(15-21-13-24(32)17-25(33)14-21)28(38)18-35-27(29(34)39)10-19(3)4/h11-14,16-17,19,26-28,35,38H,6-10,15,18H2,1-5H3,(H2,34,39)(H,36,40)/t26-,27?,28+/m0/s1. The van der Waals surface area contributed by atoms with E-state index < -0.39 is 41.6 Å². The normalized spacial score (nSPS) is 13.5. The highest BCUT2D eigenvalue weighted by Gasteiger charge is 2.26. The number of nitrogens with zero attached hydrogens (tertiary/aromatic N) is 1. The van der Waals surface area contributed by atoms with Gasteiger partial charge in [0.25, 0.3) is 11.8 Å². The van der Waals surface area contributed by atoms with Gasteiger partial charge in [-0.1, -0.05) is 27.7 Å². The lowest BCUT2D eigenvalue weighted by Crippen LogP contribution is -2.52. The molecule has 41 heavy (non-hydrogen) atoms. The lowest BCUT2D eigenvalue weighted by atomic mass is 9.98. The number of primary amides is 1. The Bertz CT molecular complexity index is 1160. The summed E-state index contributed by atoms with van der Waals surface area (Å²) < 4.78 is 27.8. The number of hydrogen-bond acceptors (Lipinski definition) is 5. The highest BCUT2D eigenvalue weighted by atomic mass is 19.1. The molecule has 0 aromatic heterocycles. The molecule has 0 bridgehead atoms. The SMILES string of the molecule is CCCN(CCC)C(=O)c1cc(C)cc(C(=O)N[C@@H](Cc2cc(F)cc(F)c2)[C@H](O)CNC(CC(C)C)C(N)=O)c1. The molecule has 226 valence electrons. The molecule has 0 aliphatic rings. The number of carbonyl (C=O) groups is 3. The van der Waals surface area contributed by atoms with E-state index in [0.29, 0.717) is 30.6 Å². The van der Waals surface area contributed by atoms with Gasteiger partial charge in [0, 0.05) is 36.8 Å². The average molecular weight is 575 g/mol. The summed E-state index contributed by atoms with van der Waals surface area (Å²) in [4.78, 5) is 40.3. The van der Waals surface area contributed by atoms with Crippen LogP contribution in [0.15, 0.2) is 36.4 Å². The highest BCUT2D eigenvalue weighted by Crippen LogP contribution is 2.16. The van der Waals surface area contributed by atoms with Gasteiger partial charge in [0.05, 0.1) is 18.2 Å². The predicted octanol–water partition coefficient (Wildman–Crippen LogP) is 3.73. The molecule has 0 heterocycles. The smallest absolute Gasteiger partial charge is 0.253 e. The van der Waals surface area contributed by atoms with Crippen molar-refractivity contribution < 1.29 is 28.3 Å². The zero-order chi connectivity index (χ0) is 30.7. The van der Waals surface area contributed by atoms with Gasteiger partial charge in [0.1, 0.15) is 11.6 Å². The monoisotopic (exact) mass is 574 g/mol. The molecule has 0 aliphatic carbocycles. The largest absolute Gasteiger partial charge is 0.390 e. The van der Waals surface area contributed by atoms with Gasteiger partial charge in [-0.05, 0) is 80.0 Å². The highest BCUT2D eigenvalue weighted by molar-refractivity contribution is 6.00. The predicted molar refractivity (Wildman–Crippen MR) is 155 cm³/mol. The summed E-state index contributed by atoms with van der Waals surface area (Å²) in [6, 6.07) is 6.18. The molecule has 0 fully saturated rings. The van der Waals surface area contributed by atoms with E-state index in [1.807, 2.05) is 27.7 Å². The maximum atomic E-state index is 13.9. The maximum absolute atomic E-state index is 13.9. The zero-order valence-corrected chi connectivity index (χ0v) is 24.7. The second-order valence-electron chi connectivity index (χ2n) is 11.0. The van der Waals surface area contributed by atoms with E-state index in [0.717, 1.165) is 31.0 Å². The van der Waals surface area contributed by atoms with E-state index >= 15 is 0 Å². The van der Waals surface area contributed by atoms with Gasteiger partial charge in [-0.25, -0.2) is 8.78 Å². The third kappa shape index (κ3) is 10.8. The number of benzene rings is 2. The molecule has 2 rings (SSSR count). The first kappa shape index (κ1) is 33.8. The second kappa shape index (κ2) is 16.2. The Hall–Kier alpha value is -3.37. The molecule has 0 saturated heterocycles. The first-order valence-corrected chi connectivity index (χ1v) is 14.2. The summed E-state index contributed by atoms with van der Waals surface area (Å²) >= 11 is 0. The molecule has 5 N–H and O–H groups in total.